The van der Waals surface area contributed by atoms with Crippen LogP contribution in [0.1, 0.15) is 26.2 Å². The average Bonchev–Trinajstić information content (AvgIpc) is 1.88. The Hall–Kier alpha value is -0.300. The van der Waals surface area contributed by atoms with Crippen LogP contribution in [0.2, 0.25) is 0 Å². The van der Waals surface area contributed by atoms with Gasteiger partial charge < -0.3 is 4.74 Å². The SMILES string of the molecule is C=CC[C@@H]1C[C@@H](C)CCO1. The first-order valence-electron chi connectivity index (χ1n) is 4.05. The smallest absolute Gasteiger partial charge is 0.0612 e. The molecule has 1 aliphatic rings. The normalized spacial score (nSPS) is 33.7. The molecule has 1 aliphatic heterocycles. The van der Waals surface area contributed by atoms with Crippen molar-refractivity contribution >= 4 is 0 Å². The summed E-state index contributed by atoms with van der Waals surface area (Å²) in [5.41, 5.74) is 0. The second-order valence-electron chi connectivity index (χ2n) is 3.15. The van der Waals surface area contributed by atoms with Crippen molar-refractivity contribution in [2.45, 2.75) is 32.3 Å². The molecule has 10 heavy (non-hydrogen) atoms. The molecule has 1 rings (SSSR count). The van der Waals surface area contributed by atoms with Gasteiger partial charge in [-0.25, -0.2) is 0 Å². The van der Waals surface area contributed by atoms with Crippen LogP contribution in [0.4, 0.5) is 0 Å². The maximum Gasteiger partial charge on any atom is 0.0612 e. The molecule has 1 heteroatoms. The molecule has 0 spiro atoms. The summed E-state index contributed by atoms with van der Waals surface area (Å²) in [6.07, 6.45) is 5.87. The molecule has 0 radical (unpaired) electrons. The molecule has 0 aromatic rings. The van der Waals surface area contributed by atoms with Crippen LogP contribution in [-0.2, 0) is 4.74 Å². The summed E-state index contributed by atoms with van der Waals surface area (Å²) in [6, 6.07) is 0. The molecule has 1 nitrogen and oxygen atoms in total. The lowest BCUT2D eigenvalue weighted by molar-refractivity contribution is -0.00254. The van der Waals surface area contributed by atoms with Gasteiger partial charge in [0.05, 0.1) is 6.10 Å². The third-order valence-electron chi connectivity index (χ3n) is 2.06. The molecule has 0 aromatic heterocycles. The van der Waals surface area contributed by atoms with Crippen LogP contribution >= 0.6 is 0 Å². The van der Waals surface area contributed by atoms with Crippen molar-refractivity contribution in [2.24, 2.45) is 5.92 Å². The summed E-state index contributed by atoms with van der Waals surface area (Å²) >= 11 is 0. The highest BCUT2D eigenvalue weighted by Gasteiger charge is 2.17. The minimum absolute atomic E-state index is 0.459. The predicted molar refractivity (Wildman–Crippen MR) is 43.0 cm³/mol. The van der Waals surface area contributed by atoms with E-state index < -0.39 is 0 Å². The molecule has 0 bridgehead atoms. The highest BCUT2D eigenvalue weighted by molar-refractivity contribution is 4.77. The standard InChI is InChI=1S/C9H16O/c1-3-4-9-7-8(2)5-6-10-9/h3,8-9H,1,4-7H2,2H3/t8-,9+/m0/s1. The van der Waals surface area contributed by atoms with Crippen LogP contribution in [0.25, 0.3) is 0 Å². The summed E-state index contributed by atoms with van der Waals surface area (Å²) in [6.45, 7) is 6.93. The second kappa shape index (κ2) is 3.77. The fourth-order valence-corrected chi connectivity index (χ4v) is 1.42. The van der Waals surface area contributed by atoms with Crippen LogP contribution in [0.15, 0.2) is 12.7 Å². The largest absolute Gasteiger partial charge is 0.378 e. The first-order chi connectivity index (χ1) is 4.83. The molecule has 1 heterocycles. The second-order valence-corrected chi connectivity index (χ2v) is 3.15. The molecule has 0 aliphatic carbocycles. The Labute approximate surface area is 63.1 Å². The van der Waals surface area contributed by atoms with Gasteiger partial charge in [0.25, 0.3) is 0 Å². The molecule has 0 unspecified atom stereocenters. The molecule has 0 aromatic carbocycles. The highest BCUT2D eigenvalue weighted by Crippen LogP contribution is 2.21. The van der Waals surface area contributed by atoms with E-state index in [9.17, 15) is 0 Å². The number of rotatable bonds is 2. The van der Waals surface area contributed by atoms with Gasteiger partial charge >= 0.3 is 0 Å². The minimum Gasteiger partial charge on any atom is -0.378 e. The summed E-state index contributed by atoms with van der Waals surface area (Å²) in [5.74, 6) is 0.846. The van der Waals surface area contributed by atoms with Crippen LogP contribution in [-0.4, -0.2) is 12.7 Å². The predicted octanol–water partition coefficient (Wildman–Crippen LogP) is 2.38. The molecule has 1 saturated heterocycles. The zero-order chi connectivity index (χ0) is 7.40. The Bertz CT molecular complexity index is 109. The molecule has 0 N–H and O–H groups in total. The molecular weight excluding hydrogens is 124 g/mol. The molecule has 2 atom stereocenters. The van der Waals surface area contributed by atoms with E-state index in [0.29, 0.717) is 6.10 Å². The van der Waals surface area contributed by atoms with Crippen molar-refractivity contribution in [3.63, 3.8) is 0 Å². The monoisotopic (exact) mass is 140 g/mol. The molecular formula is C9H16O. The van der Waals surface area contributed by atoms with Gasteiger partial charge in [-0.3, -0.25) is 0 Å². The van der Waals surface area contributed by atoms with Crippen molar-refractivity contribution in [3.8, 4) is 0 Å². The van der Waals surface area contributed by atoms with E-state index in [0.717, 1.165) is 18.9 Å². The third-order valence-corrected chi connectivity index (χ3v) is 2.06. The fourth-order valence-electron chi connectivity index (χ4n) is 1.42. The Morgan fingerprint density at radius 3 is 3.10 bits per heavy atom. The number of hydrogen-bond acceptors (Lipinski definition) is 1. The molecule has 1 fully saturated rings. The Kier molecular flexibility index (Phi) is 2.94. The summed E-state index contributed by atoms with van der Waals surface area (Å²) in [5, 5.41) is 0. The lowest BCUT2D eigenvalue weighted by Gasteiger charge is -2.26. The zero-order valence-electron chi connectivity index (χ0n) is 6.68. The highest BCUT2D eigenvalue weighted by atomic mass is 16.5. The lowest BCUT2D eigenvalue weighted by Crippen LogP contribution is -2.23. The van der Waals surface area contributed by atoms with Gasteiger partial charge in [0.15, 0.2) is 0 Å². The van der Waals surface area contributed by atoms with Gasteiger partial charge in [-0.2, -0.15) is 0 Å². The quantitative estimate of drug-likeness (QED) is 0.535. The van der Waals surface area contributed by atoms with Gasteiger partial charge in [-0.15, -0.1) is 6.58 Å². The topological polar surface area (TPSA) is 9.23 Å². The van der Waals surface area contributed by atoms with Crippen molar-refractivity contribution in [3.05, 3.63) is 12.7 Å². The maximum absolute atomic E-state index is 5.52. The lowest BCUT2D eigenvalue weighted by atomic mass is 9.96. The number of ether oxygens (including phenoxy) is 1. The first kappa shape index (κ1) is 7.80. The zero-order valence-corrected chi connectivity index (χ0v) is 6.68. The van der Waals surface area contributed by atoms with Gasteiger partial charge in [-0.1, -0.05) is 13.0 Å². The summed E-state index contributed by atoms with van der Waals surface area (Å²) in [4.78, 5) is 0. The van der Waals surface area contributed by atoms with Gasteiger partial charge in [0.1, 0.15) is 0 Å². The van der Waals surface area contributed by atoms with E-state index in [1.54, 1.807) is 0 Å². The molecule has 0 saturated carbocycles. The van der Waals surface area contributed by atoms with Crippen molar-refractivity contribution < 1.29 is 4.74 Å². The van der Waals surface area contributed by atoms with Crippen molar-refractivity contribution in [2.75, 3.05) is 6.61 Å². The summed E-state index contributed by atoms with van der Waals surface area (Å²) in [7, 11) is 0. The molecule has 0 amide bonds. The van der Waals surface area contributed by atoms with E-state index in [-0.39, 0.29) is 0 Å². The molecule has 58 valence electrons. The third kappa shape index (κ3) is 2.14. The van der Waals surface area contributed by atoms with Gasteiger partial charge in [0.2, 0.25) is 0 Å². The fraction of sp³-hybridized carbons (Fsp3) is 0.778. The van der Waals surface area contributed by atoms with E-state index in [4.69, 9.17) is 4.74 Å². The Balaban J connectivity index is 2.24. The van der Waals surface area contributed by atoms with Gasteiger partial charge in [0, 0.05) is 6.61 Å². The van der Waals surface area contributed by atoms with Crippen LogP contribution in [0.3, 0.4) is 0 Å². The maximum atomic E-state index is 5.52. The summed E-state index contributed by atoms with van der Waals surface area (Å²) < 4.78 is 5.52. The van der Waals surface area contributed by atoms with Crippen LogP contribution < -0.4 is 0 Å². The van der Waals surface area contributed by atoms with Crippen LogP contribution in [0, 0.1) is 5.92 Å². The average molecular weight is 140 g/mol. The van der Waals surface area contributed by atoms with E-state index in [1.165, 1.54) is 12.8 Å². The van der Waals surface area contributed by atoms with E-state index in [2.05, 4.69) is 13.5 Å². The van der Waals surface area contributed by atoms with Crippen molar-refractivity contribution in [1.29, 1.82) is 0 Å². The van der Waals surface area contributed by atoms with Gasteiger partial charge in [-0.05, 0) is 25.2 Å². The van der Waals surface area contributed by atoms with Crippen LogP contribution in [0.5, 0.6) is 0 Å². The number of hydrogen-bond donors (Lipinski definition) is 0. The van der Waals surface area contributed by atoms with Crippen molar-refractivity contribution in [1.82, 2.24) is 0 Å². The van der Waals surface area contributed by atoms with E-state index >= 15 is 0 Å². The first-order valence-corrected chi connectivity index (χ1v) is 4.05. The minimum atomic E-state index is 0.459. The van der Waals surface area contributed by atoms with E-state index in [1.807, 2.05) is 6.08 Å². The Morgan fingerprint density at radius 2 is 2.50 bits per heavy atom. The Morgan fingerprint density at radius 1 is 1.70 bits per heavy atom.